The van der Waals surface area contributed by atoms with Gasteiger partial charge in [0.05, 0.1) is 12.7 Å². The molecule has 1 N–H and O–H groups in total. The molecule has 2 aromatic carbocycles. The molecule has 28 heavy (non-hydrogen) atoms. The highest BCUT2D eigenvalue weighted by atomic mass is 32.2. The molecule has 1 fully saturated rings. The topological polar surface area (TPSA) is 69.7 Å². The van der Waals surface area contributed by atoms with Crippen molar-refractivity contribution in [1.29, 1.82) is 0 Å². The summed E-state index contributed by atoms with van der Waals surface area (Å²) >= 11 is 0. The standard InChI is InChI=1S/C21H27N3O3S/c1-28(26,27)24-15-13-23(14-16-24)12-11-22-21(25)17-18-7-9-20(10-8-18)19-5-3-2-4-6-19/h2-10H,11-17H2,1H3,(H,22,25). The van der Waals surface area contributed by atoms with Gasteiger partial charge < -0.3 is 5.32 Å². The van der Waals surface area contributed by atoms with E-state index in [-0.39, 0.29) is 5.91 Å². The van der Waals surface area contributed by atoms with Gasteiger partial charge in [0.1, 0.15) is 0 Å². The van der Waals surface area contributed by atoms with Crippen LogP contribution in [0.15, 0.2) is 54.6 Å². The van der Waals surface area contributed by atoms with Crippen LogP contribution >= 0.6 is 0 Å². The predicted octanol–water partition coefficient (Wildman–Crippen LogP) is 1.59. The van der Waals surface area contributed by atoms with Gasteiger partial charge in [-0.25, -0.2) is 8.42 Å². The maximum Gasteiger partial charge on any atom is 0.224 e. The first-order chi connectivity index (χ1) is 13.4. The minimum atomic E-state index is -3.10. The van der Waals surface area contributed by atoms with Gasteiger partial charge in [-0.05, 0) is 16.7 Å². The van der Waals surface area contributed by atoms with Gasteiger partial charge in [-0.15, -0.1) is 0 Å². The second kappa shape index (κ2) is 9.32. The van der Waals surface area contributed by atoms with E-state index in [1.165, 1.54) is 10.6 Å². The Kier molecular flexibility index (Phi) is 6.83. The van der Waals surface area contributed by atoms with Gasteiger partial charge in [0.2, 0.25) is 15.9 Å². The van der Waals surface area contributed by atoms with E-state index in [1.54, 1.807) is 0 Å². The van der Waals surface area contributed by atoms with Crippen molar-refractivity contribution >= 4 is 15.9 Å². The second-order valence-corrected chi connectivity index (χ2v) is 9.08. The molecule has 0 saturated carbocycles. The maximum atomic E-state index is 12.2. The quantitative estimate of drug-likeness (QED) is 0.765. The summed E-state index contributed by atoms with van der Waals surface area (Å²) in [6.07, 6.45) is 1.60. The van der Waals surface area contributed by atoms with E-state index in [0.29, 0.717) is 39.1 Å². The lowest BCUT2D eigenvalue weighted by molar-refractivity contribution is -0.120. The minimum Gasteiger partial charge on any atom is -0.355 e. The number of piperazine rings is 1. The van der Waals surface area contributed by atoms with Gasteiger partial charge in [-0.2, -0.15) is 4.31 Å². The fourth-order valence-electron chi connectivity index (χ4n) is 3.33. The number of amides is 1. The molecule has 1 amide bonds. The van der Waals surface area contributed by atoms with E-state index in [1.807, 2.05) is 42.5 Å². The lowest BCUT2D eigenvalue weighted by atomic mass is 10.0. The molecule has 0 aromatic heterocycles. The van der Waals surface area contributed by atoms with Crippen LogP contribution in [-0.4, -0.2) is 69.1 Å². The summed E-state index contributed by atoms with van der Waals surface area (Å²) in [5.41, 5.74) is 3.28. The highest BCUT2D eigenvalue weighted by Gasteiger charge is 2.22. The van der Waals surface area contributed by atoms with Gasteiger partial charge in [-0.3, -0.25) is 9.69 Å². The molecular formula is C21H27N3O3S. The Labute approximate surface area is 167 Å². The average molecular weight is 402 g/mol. The smallest absolute Gasteiger partial charge is 0.224 e. The molecule has 1 saturated heterocycles. The van der Waals surface area contributed by atoms with Crippen LogP contribution in [0.25, 0.3) is 11.1 Å². The predicted molar refractivity (Wildman–Crippen MR) is 111 cm³/mol. The molecular weight excluding hydrogens is 374 g/mol. The molecule has 1 aliphatic rings. The Hall–Kier alpha value is -2.22. The maximum absolute atomic E-state index is 12.2. The van der Waals surface area contributed by atoms with Crippen LogP contribution in [0.2, 0.25) is 0 Å². The third kappa shape index (κ3) is 5.89. The van der Waals surface area contributed by atoms with Gasteiger partial charge in [0.15, 0.2) is 0 Å². The number of nitrogens with one attached hydrogen (secondary N) is 1. The molecule has 7 heteroatoms. The van der Waals surface area contributed by atoms with Crippen LogP contribution in [0.3, 0.4) is 0 Å². The Morgan fingerprint density at radius 2 is 1.54 bits per heavy atom. The van der Waals surface area contributed by atoms with Crippen LogP contribution in [-0.2, 0) is 21.2 Å². The fourth-order valence-corrected chi connectivity index (χ4v) is 4.16. The summed E-state index contributed by atoms with van der Waals surface area (Å²) in [7, 11) is -3.10. The van der Waals surface area contributed by atoms with Crippen molar-refractivity contribution < 1.29 is 13.2 Å². The molecule has 1 heterocycles. The highest BCUT2D eigenvalue weighted by molar-refractivity contribution is 7.88. The van der Waals surface area contributed by atoms with E-state index >= 15 is 0 Å². The van der Waals surface area contributed by atoms with Crippen LogP contribution in [0.1, 0.15) is 5.56 Å². The molecule has 0 spiro atoms. The number of carbonyl (C=O) groups excluding carboxylic acids is 1. The lowest BCUT2D eigenvalue weighted by Crippen LogP contribution is -2.49. The summed E-state index contributed by atoms with van der Waals surface area (Å²) in [6.45, 7) is 3.73. The molecule has 0 atom stereocenters. The Balaban J connectivity index is 1.39. The molecule has 150 valence electrons. The number of nitrogens with zero attached hydrogens (tertiary/aromatic N) is 2. The van der Waals surface area contributed by atoms with Crippen molar-refractivity contribution in [3.63, 3.8) is 0 Å². The van der Waals surface area contributed by atoms with E-state index in [2.05, 4.69) is 22.3 Å². The largest absolute Gasteiger partial charge is 0.355 e. The Morgan fingerprint density at radius 1 is 0.929 bits per heavy atom. The SMILES string of the molecule is CS(=O)(=O)N1CCN(CCNC(=O)Cc2ccc(-c3ccccc3)cc2)CC1. The summed E-state index contributed by atoms with van der Waals surface area (Å²) in [5.74, 6) is 0.00207. The zero-order valence-electron chi connectivity index (χ0n) is 16.2. The van der Waals surface area contributed by atoms with Crippen LogP contribution in [0.5, 0.6) is 0 Å². The van der Waals surface area contributed by atoms with Crippen molar-refractivity contribution in [2.45, 2.75) is 6.42 Å². The number of rotatable bonds is 7. The summed E-state index contributed by atoms with van der Waals surface area (Å²) in [5, 5.41) is 2.95. The fraction of sp³-hybridized carbons (Fsp3) is 0.381. The number of sulfonamides is 1. The van der Waals surface area contributed by atoms with Crippen molar-refractivity contribution in [3.05, 3.63) is 60.2 Å². The van der Waals surface area contributed by atoms with Crippen LogP contribution in [0, 0.1) is 0 Å². The first kappa shape index (κ1) is 20.5. The van der Waals surface area contributed by atoms with E-state index in [4.69, 9.17) is 0 Å². The van der Waals surface area contributed by atoms with Gasteiger partial charge in [-0.1, -0.05) is 54.6 Å². The van der Waals surface area contributed by atoms with E-state index in [9.17, 15) is 13.2 Å². The van der Waals surface area contributed by atoms with Crippen molar-refractivity contribution in [2.75, 3.05) is 45.5 Å². The monoisotopic (exact) mass is 401 g/mol. The molecule has 0 bridgehead atoms. The minimum absolute atomic E-state index is 0.00207. The zero-order chi connectivity index (χ0) is 20.0. The summed E-state index contributed by atoms with van der Waals surface area (Å²) < 4.78 is 24.5. The molecule has 1 aliphatic heterocycles. The molecule has 2 aromatic rings. The van der Waals surface area contributed by atoms with Gasteiger partial charge in [0, 0.05) is 39.3 Å². The normalized spacial score (nSPS) is 16.0. The molecule has 6 nitrogen and oxygen atoms in total. The Bertz CT molecular complexity index is 875. The third-order valence-corrected chi connectivity index (χ3v) is 6.28. The third-order valence-electron chi connectivity index (χ3n) is 4.98. The van der Waals surface area contributed by atoms with Crippen LogP contribution < -0.4 is 5.32 Å². The van der Waals surface area contributed by atoms with Crippen molar-refractivity contribution in [1.82, 2.24) is 14.5 Å². The van der Waals surface area contributed by atoms with Gasteiger partial charge in [0.25, 0.3) is 0 Å². The first-order valence-corrected chi connectivity index (χ1v) is 11.4. The molecule has 3 rings (SSSR count). The number of hydrogen-bond donors (Lipinski definition) is 1. The molecule has 0 radical (unpaired) electrons. The highest BCUT2D eigenvalue weighted by Crippen LogP contribution is 2.19. The zero-order valence-corrected chi connectivity index (χ0v) is 17.0. The van der Waals surface area contributed by atoms with E-state index in [0.717, 1.165) is 23.2 Å². The number of carbonyl (C=O) groups is 1. The summed E-state index contributed by atoms with van der Waals surface area (Å²) in [4.78, 5) is 14.4. The molecule has 0 unspecified atom stereocenters. The average Bonchev–Trinajstić information content (AvgIpc) is 2.69. The van der Waals surface area contributed by atoms with Crippen molar-refractivity contribution in [3.8, 4) is 11.1 Å². The molecule has 0 aliphatic carbocycles. The number of hydrogen-bond acceptors (Lipinski definition) is 4. The second-order valence-electron chi connectivity index (χ2n) is 7.09. The lowest BCUT2D eigenvalue weighted by Gasteiger charge is -2.33. The van der Waals surface area contributed by atoms with E-state index < -0.39 is 10.0 Å². The van der Waals surface area contributed by atoms with Crippen molar-refractivity contribution in [2.24, 2.45) is 0 Å². The number of benzene rings is 2. The van der Waals surface area contributed by atoms with Crippen LogP contribution in [0.4, 0.5) is 0 Å². The van der Waals surface area contributed by atoms with Gasteiger partial charge >= 0.3 is 0 Å². The first-order valence-electron chi connectivity index (χ1n) is 9.50. The summed E-state index contributed by atoms with van der Waals surface area (Å²) in [6, 6.07) is 18.2. The Morgan fingerprint density at radius 3 is 2.14 bits per heavy atom.